The second kappa shape index (κ2) is 15.1. The number of ether oxygens (including phenoxy) is 4. The molecule has 0 radical (unpaired) electrons. The van der Waals surface area contributed by atoms with Gasteiger partial charge in [-0.05, 0) is 42.7 Å². The Balaban J connectivity index is 1.46. The average Bonchev–Trinajstić information content (AvgIpc) is 3.31. The van der Waals surface area contributed by atoms with Crippen molar-refractivity contribution in [2.24, 2.45) is 17.8 Å². The van der Waals surface area contributed by atoms with Gasteiger partial charge in [0.15, 0.2) is 12.6 Å². The van der Waals surface area contributed by atoms with Gasteiger partial charge in [-0.25, -0.2) is 8.42 Å². The van der Waals surface area contributed by atoms with Crippen molar-refractivity contribution >= 4 is 10.0 Å². The zero-order valence-electron chi connectivity index (χ0n) is 25.0. The molecule has 2 saturated heterocycles. The Hall–Kier alpha value is -2.09. The van der Waals surface area contributed by atoms with E-state index in [0.29, 0.717) is 31.8 Å². The predicted molar refractivity (Wildman–Crippen MR) is 158 cm³/mol. The monoisotopic (exact) mass is 606 g/mol. The molecule has 2 heterocycles. The third kappa shape index (κ3) is 8.09. The lowest BCUT2D eigenvalue weighted by molar-refractivity contribution is -0.182. The molecule has 2 bridgehead atoms. The number of aliphatic hydroxyl groups excluding tert-OH is 2. The minimum atomic E-state index is -3.87. The molecule has 2 aromatic carbocycles. The molecule has 2 aliphatic rings. The van der Waals surface area contributed by atoms with Gasteiger partial charge < -0.3 is 34.5 Å². The van der Waals surface area contributed by atoms with Crippen molar-refractivity contribution in [3.05, 3.63) is 60.2 Å². The number of methoxy groups -OCH3 is 1. The summed E-state index contributed by atoms with van der Waals surface area (Å²) in [5.74, 6) is 0.908. The van der Waals surface area contributed by atoms with E-state index in [1.54, 1.807) is 12.1 Å². The van der Waals surface area contributed by atoms with Crippen molar-refractivity contribution in [1.82, 2.24) is 9.62 Å². The molecule has 11 heteroatoms. The minimum Gasteiger partial charge on any atom is -0.497 e. The first-order valence-electron chi connectivity index (χ1n) is 14.8. The minimum absolute atomic E-state index is 0.0586. The van der Waals surface area contributed by atoms with E-state index < -0.39 is 28.5 Å². The van der Waals surface area contributed by atoms with Gasteiger partial charge in [0.2, 0.25) is 10.0 Å². The quantitative estimate of drug-likeness (QED) is 0.262. The highest BCUT2D eigenvalue weighted by atomic mass is 32.2. The fourth-order valence-corrected chi connectivity index (χ4v) is 7.34. The van der Waals surface area contributed by atoms with Crippen molar-refractivity contribution in [3.8, 4) is 5.75 Å². The lowest BCUT2D eigenvalue weighted by Crippen LogP contribution is -2.51. The van der Waals surface area contributed by atoms with Crippen LogP contribution in [0.5, 0.6) is 5.75 Å². The second-order valence-electron chi connectivity index (χ2n) is 11.4. The topological polar surface area (TPSA) is 127 Å². The lowest BCUT2D eigenvalue weighted by atomic mass is 9.86. The van der Waals surface area contributed by atoms with Crippen molar-refractivity contribution in [2.45, 2.75) is 69.3 Å². The molecule has 0 aliphatic carbocycles. The van der Waals surface area contributed by atoms with Crippen LogP contribution in [0.3, 0.4) is 0 Å². The van der Waals surface area contributed by atoms with Crippen molar-refractivity contribution in [1.29, 1.82) is 0 Å². The lowest BCUT2D eigenvalue weighted by Gasteiger charge is -2.33. The molecular formula is C31H46N2O8S. The van der Waals surface area contributed by atoms with E-state index in [1.165, 1.54) is 23.5 Å². The molecule has 3 N–H and O–H groups in total. The molecule has 42 heavy (non-hydrogen) atoms. The zero-order valence-corrected chi connectivity index (χ0v) is 25.8. The molecule has 2 aliphatic heterocycles. The largest absolute Gasteiger partial charge is 0.497 e. The number of sulfonamides is 1. The molecule has 2 aromatic rings. The molecule has 10 nitrogen and oxygen atoms in total. The van der Waals surface area contributed by atoms with E-state index in [9.17, 15) is 18.6 Å². The fourth-order valence-electron chi connectivity index (χ4n) is 5.79. The maximum atomic E-state index is 13.5. The molecule has 2 fully saturated rings. The Labute approximate surface area is 250 Å². The van der Waals surface area contributed by atoms with Gasteiger partial charge in [0.05, 0.1) is 37.4 Å². The summed E-state index contributed by atoms with van der Waals surface area (Å²) in [6.07, 6.45) is -1.67. The summed E-state index contributed by atoms with van der Waals surface area (Å²) in [6.45, 7) is 7.23. The standard InChI is InChI=1S/C31H46N2O8S/c1-5-15-33(42(36,37)25-13-11-24(38-4)12-14-25)18-28(34)27(16-23-9-7-6-8-10-23)32-17-29(35)41-30-21(2)19-39-31-22(3)26(30)20-40-31/h6-14,21-22,26-32,34-35H,5,15-20H2,1-4H3/t21?,22?,26?,27-,28+,29?,30?,31?/m0/s1. The number of fused-ring (bicyclic) bond motifs is 2. The highest BCUT2D eigenvalue weighted by molar-refractivity contribution is 7.89. The van der Waals surface area contributed by atoms with Gasteiger partial charge in [0.1, 0.15) is 5.75 Å². The SMILES string of the molecule is CCCN(C[C@@H](O)[C@H](Cc1ccccc1)NCC(O)OC1C(C)COC2OCC1C2C)S(=O)(=O)c1ccc(OC)cc1. The van der Waals surface area contributed by atoms with Crippen LogP contribution in [0.4, 0.5) is 0 Å². The number of rotatable bonds is 15. The summed E-state index contributed by atoms with van der Waals surface area (Å²) >= 11 is 0. The van der Waals surface area contributed by atoms with Gasteiger partial charge in [-0.3, -0.25) is 0 Å². The zero-order chi connectivity index (χ0) is 30.3. The first kappa shape index (κ1) is 32.8. The summed E-state index contributed by atoms with van der Waals surface area (Å²) < 4.78 is 51.4. The van der Waals surface area contributed by atoms with Gasteiger partial charge in [-0.2, -0.15) is 4.31 Å². The highest BCUT2D eigenvalue weighted by Gasteiger charge is 2.45. The first-order valence-corrected chi connectivity index (χ1v) is 16.2. The van der Waals surface area contributed by atoms with E-state index in [0.717, 1.165) is 5.56 Å². The van der Waals surface area contributed by atoms with Gasteiger partial charge in [0.25, 0.3) is 0 Å². The van der Waals surface area contributed by atoms with E-state index in [-0.39, 0.29) is 54.7 Å². The van der Waals surface area contributed by atoms with Crippen LogP contribution in [0.15, 0.2) is 59.5 Å². The van der Waals surface area contributed by atoms with E-state index in [1.807, 2.05) is 44.2 Å². The molecule has 6 unspecified atom stereocenters. The molecule has 0 amide bonds. The molecular weight excluding hydrogens is 560 g/mol. The van der Waals surface area contributed by atoms with E-state index in [4.69, 9.17) is 18.9 Å². The third-order valence-electron chi connectivity index (χ3n) is 8.26. The Morgan fingerprint density at radius 1 is 1.05 bits per heavy atom. The van der Waals surface area contributed by atoms with Crippen LogP contribution in [0.25, 0.3) is 0 Å². The van der Waals surface area contributed by atoms with Crippen molar-refractivity contribution < 1.29 is 37.6 Å². The molecule has 0 spiro atoms. The number of nitrogens with one attached hydrogen (secondary N) is 1. The Kier molecular flexibility index (Phi) is 11.8. The maximum Gasteiger partial charge on any atom is 0.243 e. The Morgan fingerprint density at radius 2 is 1.74 bits per heavy atom. The molecule has 234 valence electrons. The summed E-state index contributed by atoms with van der Waals surface area (Å²) in [5, 5.41) is 25.7. The van der Waals surface area contributed by atoms with Gasteiger partial charge in [0, 0.05) is 43.4 Å². The molecule has 8 atom stereocenters. The van der Waals surface area contributed by atoms with Gasteiger partial charge in [-0.15, -0.1) is 0 Å². The van der Waals surface area contributed by atoms with Crippen LogP contribution in [0.2, 0.25) is 0 Å². The van der Waals surface area contributed by atoms with Crippen LogP contribution in [0, 0.1) is 17.8 Å². The molecule has 0 saturated carbocycles. The van der Waals surface area contributed by atoms with Crippen LogP contribution in [-0.2, 0) is 30.7 Å². The van der Waals surface area contributed by atoms with Crippen molar-refractivity contribution in [3.63, 3.8) is 0 Å². The normalized spacial score (nSPS) is 26.5. The highest BCUT2D eigenvalue weighted by Crippen LogP contribution is 2.38. The van der Waals surface area contributed by atoms with Crippen LogP contribution < -0.4 is 10.1 Å². The third-order valence-corrected chi connectivity index (χ3v) is 10.1. The Bertz CT molecular complexity index is 1200. The second-order valence-corrected chi connectivity index (χ2v) is 13.3. The van der Waals surface area contributed by atoms with Gasteiger partial charge >= 0.3 is 0 Å². The van der Waals surface area contributed by atoms with Crippen LogP contribution in [-0.4, -0.2) is 93.7 Å². The number of nitrogens with zero attached hydrogens (tertiary/aromatic N) is 1. The summed E-state index contributed by atoms with van der Waals surface area (Å²) in [6, 6.07) is 15.3. The molecule has 0 aromatic heterocycles. The number of hydrogen-bond donors (Lipinski definition) is 3. The summed E-state index contributed by atoms with van der Waals surface area (Å²) in [7, 11) is -2.34. The van der Waals surface area contributed by atoms with Crippen molar-refractivity contribution in [2.75, 3.05) is 40.0 Å². The number of hydrogen-bond acceptors (Lipinski definition) is 9. The van der Waals surface area contributed by atoms with Crippen LogP contribution in [0.1, 0.15) is 32.8 Å². The van der Waals surface area contributed by atoms with E-state index in [2.05, 4.69) is 12.2 Å². The smallest absolute Gasteiger partial charge is 0.243 e. The van der Waals surface area contributed by atoms with Crippen LogP contribution >= 0.6 is 0 Å². The summed E-state index contributed by atoms with van der Waals surface area (Å²) in [5.41, 5.74) is 0.974. The van der Waals surface area contributed by atoms with Gasteiger partial charge in [-0.1, -0.05) is 51.1 Å². The number of aliphatic hydroxyl groups is 2. The number of benzene rings is 2. The first-order chi connectivity index (χ1) is 20.1. The predicted octanol–water partition coefficient (Wildman–Crippen LogP) is 2.64. The maximum absolute atomic E-state index is 13.5. The average molecular weight is 607 g/mol. The fraction of sp³-hybridized carbons (Fsp3) is 0.613. The molecule has 4 rings (SSSR count). The van der Waals surface area contributed by atoms with E-state index >= 15 is 0 Å². The Morgan fingerprint density at radius 3 is 2.40 bits per heavy atom. The summed E-state index contributed by atoms with van der Waals surface area (Å²) in [4.78, 5) is 0.134.